The molecule has 4 nitrogen and oxygen atoms in total. The summed E-state index contributed by atoms with van der Waals surface area (Å²) in [6.45, 7) is 3.29. The second-order valence-electron chi connectivity index (χ2n) is 3.81. The molecule has 0 saturated carbocycles. The second kappa shape index (κ2) is 5.07. The first-order valence-electron chi connectivity index (χ1n) is 5.22. The zero-order valence-electron chi connectivity index (χ0n) is 10.1. The average Bonchev–Trinajstić information content (AvgIpc) is 2.64. The molecule has 0 saturated heterocycles. The molecule has 1 aromatic heterocycles. The molecule has 0 amide bonds. The monoisotopic (exact) mass is 320 g/mol. The number of halogens is 2. The number of para-hydroxylation sites is 1. The summed E-state index contributed by atoms with van der Waals surface area (Å²) >= 11 is 6.81. The van der Waals surface area contributed by atoms with Gasteiger partial charge in [-0.3, -0.25) is 4.72 Å². The van der Waals surface area contributed by atoms with Crippen LogP contribution in [-0.4, -0.2) is 13.4 Å². The summed E-state index contributed by atoms with van der Waals surface area (Å²) in [6.07, 6.45) is 0. The van der Waals surface area contributed by atoms with Crippen molar-refractivity contribution in [3.63, 3.8) is 0 Å². The number of hydrogen-bond donors (Lipinski definition) is 1. The maximum Gasteiger partial charge on any atom is 0.273 e. The molecule has 0 aliphatic rings. The normalized spacial score (nSPS) is 11.6. The third kappa shape index (κ3) is 2.88. The molecule has 2 rings (SSSR count). The third-order valence-corrected chi connectivity index (χ3v) is 5.65. The van der Waals surface area contributed by atoms with E-state index in [9.17, 15) is 12.8 Å². The van der Waals surface area contributed by atoms with E-state index in [1.807, 2.05) is 0 Å². The standard InChI is InChI=1S/C11H10ClFN2O2S2/c1-6-11(18-7(2)14-6)19(16,17)15-10-8(12)4-3-5-9(10)13/h3-5,15H,1-2H3. The van der Waals surface area contributed by atoms with E-state index >= 15 is 0 Å². The Hall–Kier alpha value is -1.18. The number of benzene rings is 1. The number of nitrogens with one attached hydrogen (secondary N) is 1. The van der Waals surface area contributed by atoms with Crippen molar-refractivity contribution in [1.29, 1.82) is 0 Å². The molecule has 1 aromatic carbocycles. The maximum absolute atomic E-state index is 13.6. The molecule has 1 heterocycles. The van der Waals surface area contributed by atoms with E-state index in [-0.39, 0.29) is 14.9 Å². The van der Waals surface area contributed by atoms with E-state index in [2.05, 4.69) is 9.71 Å². The van der Waals surface area contributed by atoms with Crippen molar-refractivity contribution in [3.05, 3.63) is 39.7 Å². The maximum atomic E-state index is 13.6. The molecule has 102 valence electrons. The number of thiazole rings is 1. The molecular weight excluding hydrogens is 311 g/mol. The molecule has 0 bridgehead atoms. The van der Waals surface area contributed by atoms with Gasteiger partial charge < -0.3 is 0 Å². The Kier molecular flexibility index (Phi) is 3.80. The lowest BCUT2D eigenvalue weighted by Crippen LogP contribution is -2.14. The van der Waals surface area contributed by atoms with Crippen LogP contribution in [0.25, 0.3) is 0 Å². The molecule has 0 aliphatic heterocycles. The van der Waals surface area contributed by atoms with Crippen molar-refractivity contribution in [3.8, 4) is 0 Å². The Balaban J connectivity index is 2.45. The van der Waals surface area contributed by atoms with Crippen LogP contribution < -0.4 is 4.72 Å². The van der Waals surface area contributed by atoms with Crippen molar-refractivity contribution in [2.24, 2.45) is 0 Å². The van der Waals surface area contributed by atoms with Gasteiger partial charge in [-0.05, 0) is 26.0 Å². The largest absolute Gasteiger partial charge is 0.274 e. The summed E-state index contributed by atoms with van der Waals surface area (Å²) < 4.78 is 40.1. The van der Waals surface area contributed by atoms with Gasteiger partial charge in [0, 0.05) is 0 Å². The van der Waals surface area contributed by atoms with Crippen LogP contribution in [0.3, 0.4) is 0 Å². The van der Waals surface area contributed by atoms with Crippen molar-refractivity contribution in [2.75, 3.05) is 4.72 Å². The van der Waals surface area contributed by atoms with E-state index in [0.29, 0.717) is 10.7 Å². The predicted octanol–water partition coefficient (Wildman–Crippen LogP) is 3.35. The van der Waals surface area contributed by atoms with Gasteiger partial charge in [-0.1, -0.05) is 17.7 Å². The second-order valence-corrected chi connectivity index (χ2v) is 7.30. The van der Waals surface area contributed by atoms with Crippen molar-refractivity contribution in [2.45, 2.75) is 18.1 Å². The molecule has 0 spiro atoms. The van der Waals surface area contributed by atoms with Gasteiger partial charge in [0.05, 0.1) is 15.7 Å². The van der Waals surface area contributed by atoms with Crippen LogP contribution in [0.15, 0.2) is 22.4 Å². The van der Waals surface area contributed by atoms with Crippen LogP contribution in [0.2, 0.25) is 5.02 Å². The molecular formula is C11H10ClFN2O2S2. The number of aromatic nitrogens is 1. The topological polar surface area (TPSA) is 59.1 Å². The molecule has 0 fully saturated rings. The highest BCUT2D eigenvalue weighted by atomic mass is 35.5. The summed E-state index contributed by atoms with van der Waals surface area (Å²) in [6, 6.07) is 3.94. The summed E-state index contributed by atoms with van der Waals surface area (Å²) in [7, 11) is -3.89. The molecule has 19 heavy (non-hydrogen) atoms. The first-order valence-corrected chi connectivity index (χ1v) is 7.90. The summed E-state index contributed by atoms with van der Waals surface area (Å²) in [5.41, 5.74) is 0.122. The Morgan fingerprint density at radius 3 is 2.58 bits per heavy atom. The predicted molar refractivity (Wildman–Crippen MR) is 73.8 cm³/mol. The fourth-order valence-electron chi connectivity index (χ4n) is 1.54. The Morgan fingerprint density at radius 1 is 1.37 bits per heavy atom. The molecule has 0 radical (unpaired) electrons. The number of aryl methyl sites for hydroxylation is 2. The van der Waals surface area contributed by atoms with E-state index in [0.717, 1.165) is 17.4 Å². The highest BCUT2D eigenvalue weighted by molar-refractivity contribution is 7.94. The third-order valence-electron chi connectivity index (χ3n) is 2.30. The lowest BCUT2D eigenvalue weighted by molar-refractivity contribution is 0.599. The van der Waals surface area contributed by atoms with Crippen LogP contribution in [0.4, 0.5) is 10.1 Å². The van der Waals surface area contributed by atoms with Gasteiger partial charge in [0.15, 0.2) is 4.21 Å². The van der Waals surface area contributed by atoms with Gasteiger partial charge in [0.25, 0.3) is 10.0 Å². The Bertz CT molecular complexity index is 708. The SMILES string of the molecule is Cc1nc(C)c(S(=O)(=O)Nc2c(F)cccc2Cl)s1. The number of sulfonamides is 1. The fraction of sp³-hybridized carbons (Fsp3) is 0.182. The molecule has 0 atom stereocenters. The van der Waals surface area contributed by atoms with E-state index in [1.165, 1.54) is 12.1 Å². The van der Waals surface area contributed by atoms with Crippen LogP contribution >= 0.6 is 22.9 Å². The summed E-state index contributed by atoms with van der Waals surface area (Å²) in [5.74, 6) is -0.727. The van der Waals surface area contributed by atoms with E-state index < -0.39 is 15.8 Å². The minimum atomic E-state index is -3.89. The van der Waals surface area contributed by atoms with E-state index in [4.69, 9.17) is 11.6 Å². The fourth-order valence-corrected chi connectivity index (χ4v) is 4.38. The lowest BCUT2D eigenvalue weighted by atomic mass is 10.3. The van der Waals surface area contributed by atoms with Crippen LogP contribution in [-0.2, 0) is 10.0 Å². The molecule has 0 aliphatic carbocycles. The van der Waals surface area contributed by atoms with Gasteiger partial charge in [-0.15, -0.1) is 11.3 Å². The minimum Gasteiger partial charge on any atom is -0.274 e. The van der Waals surface area contributed by atoms with Gasteiger partial charge in [0.2, 0.25) is 0 Å². The first kappa shape index (κ1) is 14.2. The first-order chi connectivity index (χ1) is 8.81. The van der Waals surface area contributed by atoms with Crippen LogP contribution in [0.1, 0.15) is 10.7 Å². The van der Waals surface area contributed by atoms with Gasteiger partial charge in [-0.25, -0.2) is 17.8 Å². The minimum absolute atomic E-state index is 0.00228. The summed E-state index contributed by atoms with van der Waals surface area (Å²) in [4.78, 5) is 4.04. The highest BCUT2D eigenvalue weighted by Gasteiger charge is 2.23. The molecule has 8 heteroatoms. The quantitative estimate of drug-likeness (QED) is 0.943. The lowest BCUT2D eigenvalue weighted by Gasteiger charge is -2.09. The van der Waals surface area contributed by atoms with Gasteiger partial charge in [-0.2, -0.15) is 0 Å². The zero-order valence-corrected chi connectivity index (χ0v) is 12.5. The number of hydrogen-bond acceptors (Lipinski definition) is 4. The summed E-state index contributed by atoms with van der Waals surface area (Å²) in [5, 5.41) is 0.625. The molecule has 1 N–H and O–H groups in total. The van der Waals surface area contributed by atoms with E-state index in [1.54, 1.807) is 13.8 Å². The Labute approximate surface area is 119 Å². The van der Waals surface area contributed by atoms with Gasteiger partial charge in [0.1, 0.15) is 11.5 Å². The number of anilines is 1. The molecule has 2 aromatic rings. The zero-order chi connectivity index (χ0) is 14.2. The van der Waals surface area contributed by atoms with Crippen molar-refractivity contribution < 1.29 is 12.8 Å². The van der Waals surface area contributed by atoms with Crippen LogP contribution in [0.5, 0.6) is 0 Å². The number of rotatable bonds is 3. The van der Waals surface area contributed by atoms with Crippen LogP contribution in [0, 0.1) is 19.7 Å². The molecule has 0 unspecified atom stereocenters. The van der Waals surface area contributed by atoms with Crippen molar-refractivity contribution in [1.82, 2.24) is 4.98 Å². The van der Waals surface area contributed by atoms with Gasteiger partial charge >= 0.3 is 0 Å². The number of nitrogens with zero attached hydrogens (tertiary/aromatic N) is 1. The highest BCUT2D eigenvalue weighted by Crippen LogP contribution is 2.30. The smallest absolute Gasteiger partial charge is 0.273 e. The van der Waals surface area contributed by atoms with Crippen molar-refractivity contribution >= 4 is 38.6 Å². The average molecular weight is 321 g/mol. The Morgan fingerprint density at radius 2 is 2.05 bits per heavy atom.